The van der Waals surface area contributed by atoms with Crippen molar-refractivity contribution < 1.29 is 9.15 Å². The molecule has 0 aliphatic rings. The summed E-state index contributed by atoms with van der Waals surface area (Å²) in [5, 5.41) is 9.17. The number of aromatic nitrogens is 5. The minimum Gasteiger partial charge on any atom is -0.438 e. The Morgan fingerprint density at radius 3 is 2.76 bits per heavy atom. The first-order chi connectivity index (χ1) is 14.2. The van der Waals surface area contributed by atoms with Crippen molar-refractivity contribution in [2.45, 2.75) is 13.3 Å². The number of aromatic amines is 1. The largest absolute Gasteiger partial charge is 0.438 e. The fraction of sp³-hybridized carbons (Fsp3) is 0.0909. The van der Waals surface area contributed by atoms with Crippen molar-refractivity contribution in [1.29, 1.82) is 0 Å². The van der Waals surface area contributed by atoms with Gasteiger partial charge in [-0.2, -0.15) is 0 Å². The van der Waals surface area contributed by atoms with E-state index in [0.29, 0.717) is 29.8 Å². The minimum atomic E-state index is 0.481. The fourth-order valence-electron chi connectivity index (χ4n) is 3.15. The highest BCUT2D eigenvalue weighted by molar-refractivity contribution is 5.80. The zero-order valence-corrected chi connectivity index (χ0v) is 15.7. The molecule has 0 aliphatic heterocycles. The second-order valence-electron chi connectivity index (χ2n) is 6.71. The molecule has 0 atom stereocenters. The van der Waals surface area contributed by atoms with Crippen LogP contribution in [0.2, 0.25) is 0 Å². The van der Waals surface area contributed by atoms with Gasteiger partial charge in [0.05, 0.1) is 11.8 Å². The zero-order chi connectivity index (χ0) is 19.6. The van der Waals surface area contributed by atoms with Gasteiger partial charge in [-0.25, -0.2) is 9.97 Å². The first kappa shape index (κ1) is 17.1. The molecule has 0 bridgehead atoms. The van der Waals surface area contributed by atoms with E-state index in [9.17, 15) is 0 Å². The van der Waals surface area contributed by atoms with Crippen LogP contribution in [0.3, 0.4) is 0 Å². The second kappa shape index (κ2) is 7.20. The van der Waals surface area contributed by atoms with Crippen molar-refractivity contribution in [2.75, 3.05) is 0 Å². The van der Waals surface area contributed by atoms with Crippen LogP contribution < -0.4 is 4.74 Å². The molecule has 2 aromatic carbocycles. The van der Waals surface area contributed by atoms with E-state index < -0.39 is 0 Å². The maximum atomic E-state index is 5.90. The van der Waals surface area contributed by atoms with Crippen molar-refractivity contribution in [3.05, 3.63) is 84.1 Å². The number of nitrogens with zero attached hydrogens (tertiary/aromatic N) is 4. The van der Waals surface area contributed by atoms with Gasteiger partial charge in [0.25, 0.3) is 0 Å². The van der Waals surface area contributed by atoms with Crippen LogP contribution in [0.5, 0.6) is 11.6 Å². The number of aryl methyl sites for hydroxylation is 1. The highest BCUT2D eigenvalue weighted by Gasteiger charge is 2.11. The molecule has 5 rings (SSSR count). The first-order valence-corrected chi connectivity index (χ1v) is 9.19. The van der Waals surface area contributed by atoms with Gasteiger partial charge in [0.2, 0.25) is 17.7 Å². The Hall–Kier alpha value is -4.00. The molecule has 0 saturated carbocycles. The van der Waals surface area contributed by atoms with Gasteiger partial charge in [0.15, 0.2) is 0 Å². The first-order valence-electron chi connectivity index (χ1n) is 9.19. The van der Waals surface area contributed by atoms with Crippen LogP contribution in [0.25, 0.3) is 22.5 Å². The summed E-state index contributed by atoms with van der Waals surface area (Å²) < 4.78 is 11.7. The molecule has 1 N–H and O–H groups in total. The van der Waals surface area contributed by atoms with Crippen molar-refractivity contribution in [1.82, 2.24) is 25.1 Å². The summed E-state index contributed by atoms with van der Waals surface area (Å²) in [4.78, 5) is 11.4. The van der Waals surface area contributed by atoms with Gasteiger partial charge >= 0.3 is 0 Å². The van der Waals surface area contributed by atoms with Gasteiger partial charge in [0, 0.05) is 11.8 Å². The van der Waals surface area contributed by atoms with E-state index >= 15 is 0 Å². The maximum absolute atomic E-state index is 5.90. The van der Waals surface area contributed by atoms with Crippen LogP contribution >= 0.6 is 0 Å². The van der Waals surface area contributed by atoms with Gasteiger partial charge in [-0.1, -0.05) is 29.8 Å². The number of benzene rings is 2. The number of fused-ring (bicyclic) bond motifs is 1. The Morgan fingerprint density at radius 2 is 1.90 bits per heavy atom. The minimum absolute atomic E-state index is 0.481. The Bertz CT molecular complexity index is 1270. The number of H-pyrrole nitrogens is 1. The summed E-state index contributed by atoms with van der Waals surface area (Å²) in [5.41, 5.74) is 3.91. The lowest BCUT2D eigenvalue weighted by molar-refractivity contribution is 0.468. The van der Waals surface area contributed by atoms with Crippen LogP contribution in [0.4, 0.5) is 0 Å². The van der Waals surface area contributed by atoms with E-state index in [4.69, 9.17) is 9.15 Å². The lowest BCUT2D eigenvalue weighted by Crippen LogP contribution is -1.90. The van der Waals surface area contributed by atoms with Crippen LogP contribution in [-0.4, -0.2) is 25.1 Å². The lowest BCUT2D eigenvalue weighted by Gasteiger charge is -2.05. The summed E-state index contributed by atoms with van der Waals surface area (Å²) in [6.45, 7) is 2.06. The van der Waals surface area contributed by atoms with Crippen LogP contribution in [0.1, 0.15) is 17.0 Å². The highest BCUT2D eigenvalue weighted by atomic mass is 16.5. The zero-order valence-electron chi connectivity index (χ0n) is 15.7. The maximum Gasteiger partial charge on any atom is 0.247 e. The quantitative estimate of drug-likeness (QED) is 0.473. The molecule has 5 aromatic rings. The molecule has 0 saturated heterocycles. The Labute approximate surface area is 166 Å². The van der Waals surface area contributed by atoms with Crippen molar-refractivity contribution >= 4 is 11.0 Å². The van der Waals surface area contributed by atoms with Crippen LogP contribution in [0.15, 0.2) is 71.5 Å². The highest BCUT2D eigenvalue weighted by Crippen LogP contribution is 2.28. The van der Waals surface area contributed by atoms with Crippen LogP contribution in [0, 0.1) is 6.92 Å². The third-order valence-electron chi connectivity index (χ3n) is 4.54. The molecule has 142 valence electrons. The number of rotatable bonds is 5. The van der Waals surface area contributed by atoms with E-state index in [2.05, 4.69) is 50.3 Å². The van der Waals surface area contributed by atoms with Crippen molar-refractivity contribution in [2.24, 2.45) is 0 Å². The van der Waals surface area contributed by atoms with E-state index in [1.807, 2.05) is 36.4 Å². The third kappa shape index (κ3) is 3.58. The van der Waals surface area contributed by atoms with Gasteiger partial charge < -0.3 is 14.1 Å². The molecule has 3 aromatic heterocycles. The predicted octanol–water partition coefficient (Wildman–Crippen LogP) is 4.70. The summed E-state index contributed by atoms with van der Waals surface area (Å²) in [6, 6.07) is 17.6. The smallest absolute Gasteiger partial charge is 0.247 e. The van der Waals surface area contributed by atoms with Gasteiger partial charge in [-0.05, 0) is 42.8 Å². The van der Waals surface area contributed by atoms with E-state index in [-0.39, 0.29) is 0 Å². The average molecular weight is 383 g/mol. The molecular weight excluding hydrogens is 366 g/mol. The fourth-order valence-corrected chi connectivity index (χ4v) is 3.15. The second-order valence-corrected chi connectivity index (χ2v) is 6.71. The number of hydrogen-bond acceptors (Lipinski definition) is 6. The SMILES string of the molecule is Cc1cccc(Cc2nnc(-c3ccc(Oc4ncnc5[nH]ccc45)cc3)o2)c1. The lowest BCUT2D eigenvalue weighted by atomic mass is 10.1. The molecule has 3 heterocycles. The molecular formula is C22H17N5O2. The molecule has 0 unspecified atom stereocenters. The van der Waals surface area contributed by atoms with Crippen molar-refractivity contribution in [3.63, 3.8) is 0 Å². The van der Waals surface area contributed by atoms with Crippen LogP contribution in [-0.2, 0) is 6.42 Å². The Kier molecular flexibility index (Phi) is 4.25. The standard InChI is InChI=1S/C22H17N5O2/c1-14-3-2-4-15(11-14)12-19-26-27-21(29-19)16-5-7-17(8-6-16)28-22-18-9-10-23-20(18)24-13-25-22/h2-11,13H,12H2,1H3,(H,23,24,25). The number of hydrogen-bond donors (Lipinski definition) is 1. The van der Waals surface area contributed by atoms with Crippen molar-refractivity contribution in [3.8, 4) is 23.1 Å². The van der Waals surface area contributed by atoms with Gasteiger partial charge in [-0.15, -0.1) is 10.2 Å². The summed E-state index contributed by atoms with van der Waals surface area (Å²) in [6.07, 6.45) is 3.88. The summed E-state index contributed by atoms with van der Waals surface area (Å²) >= 11 is 0. The summed E-state index contributed by atoms with van der Waals surface area (Å²) in [7, 11) is 0. The third-order valence-corrected chi connectivity index (χ3v) is 4.54. The van der Waals surface area contributed by atoms with Gasteiger partial charge in [-0.3, -0.25) is 0 Å². The van der Waals surface area contributed by atoms with E-state index in [0.717, 1.165) is 22.2 Å². The average Bonchev–Trinajstić information content (AvgIpc) is 3.39. The normalized spacial score (nSPS) is 11.1. The summed E-state index contributed by atoms with van der Waals surface area (Å²) in [5.74, 6) is 2.23. The molecule has 0 radical (unpaired) electrons. The predicted molar refractivity (Wildman–Crippen MR) is 108 cm³/mol. The molecule has 0 amide bonds. The number of ether oxygens (including phenoxy) is 1. The topological polar surface area (TPSA) is 89.7 Å². The molecule has 0 spiro atoms. The van der Waals surface area contributed by atoms with E-state index in [1.54, 1.807) is 6.20 Å². The molecule has 0 fully saturated rings. The Balaban J connectivity index is 1.33. The molecule has 29 heavy (non-hydrogen) atoms. The van der Waals surface area contributed by atoms with Gasteiger partial charge in [0.1, 0.15) is 17.7 Å². The monoisotopic (exact) mass is 383 g/mol. The molecule has 0 aliphatic carbocycles. The Morgan fingerprint density at radius 1 is 1.00 bits per heavy atom. The van der Waals surface area contributed by atoms with E-state index in [1.165, 1.54) is 11.9 Å². The molecule has 7 nitrogen and oxygen atoms in total. The molecule has 7 heteroatoms. The number of nitrogens with one attached hydrogen (secondary N) is 1.